The van der Waals surface area contributed by atoms with Gasteiger partial charge in [0.05, 0.1) is 0 Å². The zero-order valence-electron chi connectivity index (χ0n) is 12.9. The maximum atomic E-state index is 12.5. The number of piperidine rings is 2. The van der Waals surface area contributed by atoms with E-state index in [1.165, 1.54) is 6.42 Å². The molecule has 0 N–H and O–H groups in total. The van der Waals surface area contributed by atoms with Crippen LogP contribution in [0.4, 0.5) is 0 Å². The van der Waals surface area contributed by atoms with Crippen LogP contribution in [0.5, 0.6) is 0 Å². The van der Waals surface area contributed by atoms with Gasteiger partial charge in [0, 0.05) is 50.1 Å². The van der Waals surface area contributed by atoms with Crippen molar-refractivity contribution < 1.29 is 9.59 Å². The number of nitrogens with zero attached hydrogens (tertiary/aromatic N) is 3. The average molecular weight is 301 g/mol. The van der Waals surface area contributed by atoms with Crippen LogP contribution in [0.1, 0.15) is 42.5 Å². The summed E-state index contributed by atoms with van der Waals surface area (Å²) in [6.07, 6.45) is 8.34. The summed E-state index contributed by atoms with van der Waals surface area (Å²) in [4.78, 5) is 32.7. The fourth-order valence-corrected chi connectivity index (χ4v) is 3.38. The smallest absolute Gasteiger partial charge is 0.253 e. The van der Waals surface area contributed by atoms with Crippen molar-refractivity contribution in [3.05, 3.63) is 30.1 Å². The lowest BCUT2D eigenvalue weighted by Gasteiger charge is -2.35. The molecule has 118 valence electrons. The van der Waals surface area contributed by atoms with Gasteiger partial charge in [0.25, 0.3) is 5.91 Å². The van der Waals surface area contributed by atoms with E-state index in [1.807, 2.05) is 9.80 Å². The molecule has 0 atom stereocenters. The predicted molar refractivity (Wildman–Crippen MR) is 83.3 cm³/mol. The van der Waals surface area contributed by atoms with Crippen LogP contribution < -0.4 is 0 Å². The van der Waals surface area contributed by atoms with Crippen LogP contribution in [-0.2, 0) is 4.79 Å². The third kappa shape index (κ3) is 3.29. The van der Waals surface area contributed by atoms with Crippen molar-refractivity contribution in [1.82, 2.24) is 14.8 Å². The van der Waals surface area contributed by atoms with Crippen LogP contribution >= 0.6 is 0 Å². The van der Waals surface area contributed by atoms with Gasteiger partial charge in [0.1, 0.15) is 0 Å². The van der Waals surface area contributed by atoms with Gasteiger partial charge in [-0.2, -0.15) is 0 Å². The van der Waals surface area contributed by atoms with E-state index in [4.69, 9.17) is 0 Å². The molecule has 0 aromatic carbocycles. The largest absolute Gasteiger partial charge is 0.342 e. The minimum Gasteiger partial charge on any atom is -0.342 e. The molecule has 2 aliphatic rings. The molecule has 3 rings (SSSR count). The van der Waals surface area contributed by atoms with E-state index in [0.717, 1.165) is 38.8 Å². The second-order valence-electron chi connectivity index (χ2n) is 6.19. The Morgan fingerprint density at radius 1 is 0.909 bits per heavy atom. The summed E-state index contributed by atoms with van der Waals surface area (Å²) in [5.41, 5.74) is 0.677. The third-order valence-corrected chi connectivity index (χ3v) is 4.73. The molecule has 22 heavy (non-hydrogen) atoms. The number of rotatable bonds is 2. The Kier molecular flexibility index (Phi) is 4.71. The molecule has 0 saturated carbocycles. The van der Waals surface area contributed by atoms with Gasteiger partial charge in [-0.15, -0.1) is 0 Å². The lowest BCUT2D eigenvalue weighted by atomic mass is 9.94. The summed E-state index contributed by atoms with van der Waals surface area (Å²) in [6, 6.07) is 3.49. The molecule has 2 saturated heterocycles. The van der Waals surface area contributed by atoms with Gasteiger partial charge in [-0.3, -0.25) is 14.6 Å². The normalized spacial score (nSPS) is 20.0. The van der Waals surface area contributed by atoms with Gasteiger partial charge in [-0.05, 0) is 44.2 Å². The van der Waals surface area contributed by atoms with Crippen molar-refractivity contribution in [1.29, 1.82) is 0 Å². The van der Waals surface area contributed by atoms with Crippen LogP contribution in [0.25, 0.3) is 0 Å². The molecular weight excluding hydrogens is 278 g/mol. The van der Waals surface area contributed by atoms with E-state index in [9.17, 15) is 9.59 Å². The van der Waals surface area contributed by atoms with Crippen LogP contribution in [0.2, 0.25) is 0 Å². The summed E-state index contributed by atoms with van der Waals surface area (Å²) in [5, 5.41) is 0. The van der Waals surface area contributed by atoms with Crippen molar-refractivity contribution in [2.75, 3.05) is 26.2 Å². The second kappa shape index (κ2) is 6.90. The van der Waals surface area contributed by atoms with Crippen LogP contribution in [0.3, 0.4) is 0 Å². The van der Waals surface area contributed by atoms with Gasteiger partial charge in [0.2, 0.25) is 5.91 Å². The lowest BCUT2D eigenvalue weighted by molar-refractivity contribution is -0.137. The van der Waals surface area contributed by atoms with Gasteiger partial charge < -0.3 is 9.80 Å². The van der Waals surface area contributed by atoms with Crippen molar-refractivity contribution in [3.63, 3.8) is 0 Å². The molecule has 1 aromatic rings. The summed E-state index contributed by atoms with van der Waals surface area (Å²) in [7, 11) is 0. The molecule has 1 aromatic heterocycles. The minimum atomic E-state index is 0.0475. The number of likely N-dealkylation sites (tertiary alicyclic amines) is 2. The number of hydrogen-bond donors (Lipinski definition) is 0. The Labute approximate surface area is 131 Å². The Morgan fingerprint density at radius 3 is 2.18 bits per heavy atom. The highest BCUT2D eigenvalue weighted by molar-refractivity contribution is 5.94. The van der Waals surface area contributed by atoms with Gasteiger partial charge >= 0.3 is 0 Å². The van der Waals surface area contributed by atoms with Gasteiger partial charge in [-0.25, -0.2) is 0 Å². The Balaban J connectivity index is 1.54. The zero-order chi connectivity index (χ0) is 15.4. The van der Waals surface area contributed by atoms with E-state index < -0.39 is 0 Å². The molecule has 0 unspecified atom stereocenters. The van der Waals surface area contributed by atoms with E-state index in [0.29, 0.717) is 24.6 Å². The van der Waals surface area contributed by atoms with Crippen molar-refractivity contribution in [2.24, 2.45) is 5.92 Å². The molecule has 2 fully saturated rings. The highest BCUT2D eigenvalue weighted by Crippen LogP contribution is 2.22. The number of hydrogen-bond acceptors (Lipinski definition) is 3. The first-order chi connectivity index (χ1) is 10.8. The first kappa shape index (κ1) is 15.0. The Bertz CT molecular complexity index is 518. The highest BCUT2D eigenvalue weighted by Gasteiger charge is 2.30. The number of amides is 2. The highest BCUT2D eigenvalue weighted by atomic mass is 16.2. The molecule has 0 bridgehead atoms. The fourth-order valence-electron chi connectivity index (χ4n) is 3.38. The molecule has 0 aliphatic carbocycles. The van der Waals surface area contributed by atoms with Crippen LogP contribution in [0.15, 0.2) is 24.5 Å². The second-order valence-corrected chi connectivity index (χ2v) is 6.19. The summed E-state index contributed by atoms with van der Waals surface area (Å²) in [6.45, 7) is 3.17. The number of aromatic nitrogens is 1. The molecule has 2 aliphatic heterocycles. The standard InChI is InChI=1S/C17H23N3O2/c21-16(14-4-8-18-9-5-14)20-12-6-15(7-13-20)17(22)19-10-2-1-3-11-19/h4-5,8-9,15H,1-3,6-7,10-13H2. The number of pyridine rings is 1. The quantitative estimate of drug-likeness (QED) is 0.839. The number of carbonyl (C=O) groups excluding carboxylic acids is 2. The van der Waals surface area contributed by atoms with Crippen molar-refractivity contribution >= 4 is 11.8 Å². The minimum absolute atomic E-state index is 0.0475. The van der Waals surface area contributed by atoms with Crippen LogP contribution in [0, 0.1) is 5.92 Å². The van der Waals surface area contributed by atoms with E-state index >= 15 is 0 Å². The molecule has 5 nitrogen and oxygen atoms in total. The fraction of sp³-hybridized carbons (Fsp3) is 0.588. The maximum absolute atomic E-state index is 12.5. The van der Waals surface area contributed by atoms with E-state index in [2.05, 4.69) is 4.98 Å². The average Bonchev–Trinajstić information content (AvgIpc) is 2.62. The maximum Gasteiger partial charge on any atom is 0.253 e. The van der Waals surface area contributed by atoms with E-state index in [-0.39, 0.29) is 11.8 Å². The summed E-state index contributed by atoms with van der Waals surface area (Å²) < 4.78 is 0. The SMILES string of the molecule is O=C(c1ccncc1)N1CCC(C(=O)N2CCCCC2)CC1. The predicted octanol–water partition coefficient (Wildman–Crippen LogP) is 1.95. The topological polar surface area (TPSA) is 53.5 Å². The van der Waals surface area contributed by atoms with Gasteiger partial charge in [-0.1, -0.05) is 0 Å². The molecule has 2 amide bonds. The molecular formula is C17H23N3O2. The monoisotopic (exact) mass is 301 g/mol. The summed E-state index contributed by atoms with van der Waals surface area (Å²) in [5.74, 6) is 0.446. The molecule has 5 heteroatoms. The Morgan fingerprint density at radius 2 is 1.55 bits per heavy atom. The van der Waals surface area contributed by atoms with E-state index in [1.54, 1.807) is 24.5 Å². The lowest BCUT2D eigenvalue weighted by Crippen LogP contribution is -2.45. The molecule has 0 spiro atoms. The molecule has 0 radical (unpaired) electrons. The van der Waals surface area contributed by atoms with Gasteiger partial charge in [0.15, 0.2) is 0 Å². The first-order valence-electron chi connectivity index (χ1n) is 8.24. The number of carbonyl (C=O) groups is 2. The Hall–Kier alpha value is -1.91. The van der Waals surface area contributed by atoms with Crippen molar-refractivity contribution in [2.45, 2.75) is 32.1 Å². The van der Waals surface area contributed by atoms with Crippen LogP contribution in [-0.4, -0.2) is 52.8 Å². The first-order valence-corrected chi connectivity index (χ1v) is 8.24. The molecule has 3 heterocycles. The zero-order valence-corrected chi connectivity index (χ0v) is 12.9. The summed E-state index contributed by atoms with van der Waals surface area (Å²) >= 11 is 0. The third-order valence-electron chi connectivity index (χ3n) is 4.73. The van der Waals surface area contributed by atoms with Crippen molar-refractivity contribution in [3.8, 4) is 0 Å².